The molecule has 0 unspecified atom stereocenters. The zero-order valence-electron chi connectivity index (χ0n) is 8.01. The van der Waals surface area contributed by atoms with Gasteiger partial charge in [0.05, 0.1) is 0 Å². The van der Waals surface area contributed by atoms with Crippen LogP contribution in [0, 0.1) is 11.6 Å². The first-order chi connectivity index (χ1) is 5.95. The second kappa shape index (κ2) is 6.32. The van der Waals surface area contributed by atoms with Crippen LogP contribution < -0.4 is 3.58 Å². The average Bonchev–Trinajstić information content (AvgIpc) is 1.99. The van der Waals surface area contributed by atoms with E-state index in [0.717, 1.165) is 0 Å². The van der Waals surface area contributed by atoms with Crippen LogP contribution in [0.25, 0.3) is 0 Å². The molecular weight excluding hydrogens is 279 g/mol. The van der Waals surface area contributed by atoms with Crippen LogP contribution in [0.4, 0.5) is 8.78 Å². The Balaban J connectivity index is 0.000000310. The van der Waals surface area contributed by atoms with Crippen molar-refractivity contribution in [2.45, 2.75) is 0 Å². The summed E-state index contributed by atoms with van der Waals surface area (Å²) >= 11 is 0.491. The second-order valence-electron chi connectivity index (χ2n) is 2.98. The molecule has 0 saturated carbocycles. The van der Waals surface area contributed by atoms with E-state index in [1.807, 2.05) is 26.0 Å². The Labute approximate surface area is 90.8 Å². The van der Waals surface area contributed by atoms with E-state index in [2.05, 4.69) is 0 Å². The molecule has 0 N–H and O–H groups in total. The fourth-order valence-corrected chi connectivity index (χ4v) is 1.06. The quantitative estimate of drug-likeness (QED) is 0.635. The van der Waals surface area contributed by atoms with Gasteiger partial charge >= 0.3 is 64.7 Å². The molecule has 0 fully saturated rings. The second-order valence-corrected chi connectivity index (χ2v) is 4.62. The standard InChI is InChI=1S/C6H3F2.C3H9N.Sn.H/c7-5-2-1-3-6(8)4-5;1-4(2)3;;/h1-3H;1-3H3;;. The van der Waals surface area contributed by atoms with Crippen LogP contribution in [-0.4, -0.2) is 48.6 Å². The Morgan fingerprint density at radius 2 is 1.38 bits per heavy atom. The van der Waals surface area contributed by atoms with E-state index in [0.29, 0.717) is 22.5 Å². The normalized spacial score (nSPS) is 9.46. The summed E-state index contributed by atoms with van der Waals surface area (Å²) in [5, 5.41) is 0. The minimum absolute atomic E-state index is 0.211. The van der Waals surface area contributed by atoms with Gasteiger partial charge in [0, 0.05) is 0 Å². The molecule has 4 heteroatoms. The Bertz CT molecular complexity index is 241. The van der Waals surface area contributed by atoms with Gasteiger partial charge in [-0.25, -0.2) is 0 Å². The van der Waals surface area contributed by atoms with Gasteiger partial charge in [-0.3, -0.25) is 0 Å². The summed E-state index contributed by atoms with van der Waals surface area (Å²) in [6, 6.07) is 3.90. The molecule has 0 aliphatic heterocycles. The topological polar surface area (TPSA) is 3.24 Å². The first-order valence-electron chi connectivity index (χ1n) is 3.75. The Morgan fingerprint density at radius 3 is 1.62 bits per heavy atom. The molecule has 13 heavy (non-hydrogen) atoms. The van der Waals surface area contributed by atoms with Crippen molar-refractivity contribution in [2.24, 2.45) is 0 Å². The minimum atomic E-state index is -0.433. The predicted molar refractivity (Wildman–Crippen MR) is 52.8 cm³/mol. The van der Waals surface area contributed by atoms with E-state index < -0.39 is 11.6 Å². The molecule has 0 aliphatic carbocycles. The molecule has 1 aromatic carbocycles. The van der Waals surface area contributed by atoms with E-state index >= 15 is 0 Å². The third-order valence-electron chi connectivity index (χ3n) is 1.000. The van der Waals surface area contributed by atoms with Gasteiger partial charge in [-0.15, -0.1) is 0 Å². The van der Waals surface area contributed by atoms with Crippen LogP contribution in [0.5, 0.6) is 0 Å². The van der Waals surface area contributed by atoms with Crippen LogP contribution >= 0.6 is 0 Å². The Hall–Kier alpha value is -0.161. The molecule has 0 spiro atoms. The van der Waals surface area contributed by atoms with E-state index in [-0.39, 0.29) is 3.58 Å². The van der Waals surface area contributed by atoms with Crippen molar-refractivity contribution >= 4 is 26.1 Å². The number of hydrogen-bond donors (Lipinski definition) is 0. The van der Waals surface area contributed by atoms with E-state index in [1.54, 1.807) is 0 Å². The summed E-state index contributed by atoms with van der Waals surface area (Å²) in [5.74, 6) is -0.866. The summed E-state index contributed by atoms with van der Waals surface area (Å²) in [5.41, 5.74) is 0. The van der Waals surface area contributed by atoms with Crippen LogP contribution in [0.2, 0.25) is 0 Å². The van der Waals surface area contributed by atoms with Crippen molar-refractivity contribution in [2.75, 3.05) is 21.1 Å². The molecule has 1 aromatic rings. The molecule has 0 saturated heterocycles. The van der Waals surface area contributed by atoms with E-state index in [9.17, 15) is 8.78 Å². The van der Waals surface area contributed by atoms with Crippen molar-refractivity contribution < 1.29 is 8.78 Å². The predicted octanol–water partition coefficient (Wildman–Crippen LogP) is 0.669. The van der Waals surface area contributed by atoms with Gasteiger partial charge in [0.1, 0.15) is 0 Å². The summed E-state index contributed by atoms with van der Waals surface area (Å²) in [6.45, 7) is 0. The Kier molecular flexibility index (Phi) is 6.24. The molecular formula is C9H13F2NSn. The van der Waals surface area contributed by atoms with Gasteiger partial charge in [-0.2, -0.15) is 0 Å². The average molecular weight is 292 g/mol. The molecule has 0 bridgehead atoms. The van der Waals surface area contributed by atoms with Crippen LogP contribution in [-0.2, 0) is 0 Å². The van der Waals surface area contributed by atoms with Crippen molar-refractivity contribution in [3.8, 4) is 0 Å². The van der Waals surface area contributed by atoms with E-state index in [1.165, 1.54) is 18.2 Å². The summed E-state index contributed by atoms with van der Waals surface area (Å²) in [4.78, 5) is 2.00. The first kappa shape index (κ1) is 12.8. The van der Waals surface area contributed by atoms with Crippen molar-refractivity contribution in [1.82, 2.24) is 4.90 Å². The fraction of sp³-hybridized carbons (Fsp3) is 0.333. The number of benzene rings is 1. The number of halogens is 2. The number of nitrogens with zero attached hydrogens (tertiary/aromatic N) is 1. The molecule has 2 radical (unpaired) electrons. The zero-order valence-corrected chi connectivity index (χ0v) is 11.3. The zero-order chi connectivity index (χ0) is 10.4. The summed E-state index contributed by atoms with van der Waals surface area (Å²) < 4.78 is 25.0. The SMILES string of the molecule is CN(C)C.Fc1cccc(F)[c]1[SnH]. The first-order valence-corrected chi connectivity index (χ1v) is 5.40. The van der Waals surface area contributed by atoms with Crippen LogP contribution in [0.1, 0.15) is 0 Å². The van der Waals surface area contributed by atoms with Crippen molar-refractivity contribution in [1.29, 1.82) is 0 Å². The third kappa shape index (κ3) is 5.98. The van der Waals surface area contributed by atoms with Gasteiger partial charge in [0.15, 0.2) is 0 Å². The molecule has 0 aromatic heterocycles. The van der Waals surface area contributed by atoms with Gasteiger partial charge < -0.3 is 4.90 Å². The monoisotopic (exact) mass is 293 g/mol. The molecule has 72 valence electrons. The van der Waals surface area contributed by atoms with Crippen LogP contribution in [0.3, 0.4) is 0 Å². The molecule has 1 rings (SSSR count). The fourth-order valence-electron chi connectivity index (χ4n) is 0.511. The molecule has 0 atom stereocenters. The molecule has 0 amide bonds. The third-order valence-corrected chi connectivity index (χ3v) is 2.57. The number of rotatable bonds is 0. The molecule has 1 nitrogen and oxygen atoms in total. The molecule has 0 heterocycles. The van der Waals surface area contributed by atoms with Gasteiger partial charge in [0.25, 0.3) is 0 Å². The van der Waals surface area contributed by atoms with Crippen molar-refractivity contribution in [3.63, 3.8) is 0 Å². The summed E-state index contributed by atoms with van der Waals surface area (Å²) in [6.07, 6.45) is 0. The maximum atomic E-state index is 12.4. The van der Waals surface area contributed by atoms with E-state index in [4.69, 9.17) is 0 Å². The molecule has 0 aliphatic rings. The van der Waals surface area contributed by atoms with Gasteiger partial charge in [0.2, 0.25) is 0 Å². The van der Waals surface area contributed by atoms with Crippen LogP contribution in [0.15, 0.2) is 18.2 Å². The van der Waals surface area contributed by atoms with Gasteiger partial charge in [-0.1, -0.05) is 0 Å². The summed E-state index contributed by atoms with van der Waals surface area (Å²) in [7, 11) is 6.00. The van der Waals surface area contributed by atoms with Gasteiger partial charge in [-0.05, 0) is 21.1 Å². The van der Waals surface area contributed by atoms with Crippen molar-refractivity contribution in [3.05, 3.63) is 29.8 Å². The maximum absolute atomic E-state index is 12.4. The Morgan fingerprint density at radius 1 is 1.08 bits per heavy atom. The number of hydrogen-bond acceptors (Lipinski definition) is 1.